The van der Waals surface area contributed by atoms with E-state index in [1.807, 2.05) is 29.2 Å². The molecule has 7 heteroatoms. The van der Waals surface area contributed by atoms with Gasteiger partial charge >= 0.3 is 6.03 Å². The van der Waals surface area contributed by atoms with Gasteiger partial charge in [0, 0.05) is 27.2 Å². The Balaban J connectivity index is 1.66. The van der Waals surface area contributed by atoms with Crippen LogP contribution in [0.5, 0.6) is 5.75 Å². The Morgan fingerprint density at radius 3 is 2.54 bits per heavy atom. The molecule has 0 saturated heterocycles. The van der Waals surface area contributed by atoms with E-state index in [1.165, 1.54) is 10.4 Å². The fraction of sp³-hybridized carbons (Fsp3) is 0.190. The van der Waals surface area contributed by atoms with Crippen LogP contribution in [-0.4, -0.2) is 24.6 Å². The van der Waals surface area contributed by atoms with Crippen LogP contribution in [-0.2, 0) is 6.42 Å². The van der Waals surface area contributed by atoms with E-state index in [-0.39, 0.29) is 12.1 Å². The lowest BCUT2D eigenvalue weighted by molar-refractivity contribution is 0.194. The molecule has 28 heavy (non-hydrogen) atoms. The standard InChI is InChI=1S/C21H18Cl2N2O2S/c1-27-17-4-2-13(3-5-17)20-18-7-9-28-19(18)6-8-25(20)21(26)24-16-11-14(22)10-15(23)12-16/h2-5,7,9-12,20H,6,8H2,1H3,(H,24,26)/t20-/m1/s1. The van der Waals surface area contributed by atoms with Gasteiger partial charge in [0.15, 0.2) is 0 Å². The summed E-state index contributed by atoms with van der Waals surface area (Å²) in [6.45, 7) is 0.629. The highest BCUT2D eigenvalue weighted by Gasteiger charge is 2.33. The van der Waals surface area contributed by atoms with Crippen LogP contribution in [0.15, 0.2) is 53.9 Å². The summed E-state index contributed by atoms with van der Waals surface area (Å²) in [7, 11) is 1.64. The molecule has 1 atom stereocenters. The lowest BCUT2D eigenvalue weighted by Crippen LogP contribution is -2.42. The Labute approximate surface area is 177 Å². The van der Waals surface area contributed by atoms with Crippen molar-refractivity contribution in [3.63, 3.8) is 0 Å². The summed E-state index contributed by atoms with van der Waals surface area (Å²) < 4.78 is 5.27. The number of anilines is 1. The minimum atomic E-state index is -0.184. The number of nitrogens with zero attached hydrogens (tertiary/aromatic N) is 1. The molecule has 0 radical (unpaired) electrons. The number of rotatable bonds is 3. The molecule has 3 aromatic rings. The molecule has 2 heterocycles. The van der Waals surface area contributed by atoms with E-state index in [1.54, 1.807) is 36.6 Å². The zero-order valence-electron chi connectivity index (χ0n) is 15.1. The summed E-state index contributed by atoms with van der Waals surface area (Å²) in [4.78, 5) is 16.3. The number of hydrogen-bond donors (Lipinski definition) is 1. The molecule has 0 bridgehead atoms. The number of methoxy groups -OCH3 is 1. The highest BCUT2D eigenvalue weighted by molar-refractivity contribution is 7.10. The minimum Gasteiger partial charge on any atom is -0.497 e. The van der Waals surface area contributed by atoms with Crippen LogP contribution >= 0.6 is 34.5 Å². The van der Waals surface area contributed by atoms with Gasteiger partial charge in [-0.15, -0.1) is 11.3 Å². The third-order valence-electron chi connectivity index (χ3n) is 4.77. The predicted octanol–water partition coefficient (Wildman–Crippen LogP) is 6.24. The average Bonchev–Trinajstić information content (AvgIpc) is 3.15. The molecule has 2 aromatic carbocycles. The van der Waals surface area contributed by atoms with Gasteiger partial charge in [0.25, 0.3) is 0 Å². The lowest BCUT2D eigenvalue weighted by Gasteiger charge is -2.36. The van der Waals surface area contributed by atoms with Crippen LogP contribution in [0.4, 0.5) is 10.5 Å². The zero-order valence-corrected chi connectivity index (χ0v) is 17.4. The summed E-state index contributed by atoms with van der Waals surface area (Å²) in [5.41, 5.74) is 2.78. The normalized spacial score (nSPS) is 15.8. The fourth-order valence-corrected chi connectivity index (χ4v) is 4.93. The van der Waals surface area contributed by atoms with Gasteiger partial charge in [-0.1, -0.05) is 35.3 Å². The van der Waals surface area contributed by atoms with E-state index in [4.69, 9.17) is 27.9 Å². The second-order valence-corrected chi connectivity index (χ2v) is 8.38. The molecule has 1 aliphatic rings. The number of carbonyl (C=O) groups is 1. The molecule has 0 saturated carbocycles. The number of ether oxygens (including phenoxy) is 1. The highest BCUT2D eigenvalue weighted by atomic mass is 35.5. The van der Waals surface area contributed by atoms with Gasteiger partial charge in [0.05, 0.1) is 13.2 Å². The monoisotopic (exact) mass is 432 g/mol. The van der Waals surface area contributed by atoms with Crippen LogP contribution in [0.25, 0.3) is 0 Å². The lowest BCUT2D eigenvalue weighted by atomic mass is 9.93. The van der Waals surface area contributed by atoms with Crippen molar-refractivity contribution in [3.05, 3.63) is 80.0 Å². The molecule has 1 aromatic heterocycles. The third-order valence-corrected chi connectivity index (χ3v) is 6.21. The van der Waals surface area contributed by atoms with Crippen LogP contribution in [0.1, 0.15) is 22.0 Å². The molecular formula is C21H18Cl2N2O2S. The maximum Gasteiger partial charge on any atom is 0.322 e. The highest BCUT2D eigenvalue weighted by Crippen LogP contribution is 2.38. The Bertz CT molecular complexity index is 984. The number of benzene rings is 2. The Morgan fingerprint density at radius 1 is 1.14 bits per heavy atom. The van der Waals surface area contributed by atoms with Crippen molar-refractivity contribution in [3.8, 4) is 5.75 Å². The number of halogens is 2. The van der Waals surface area contributed by atoms with Crippen LogP contribution < -0.4 is 10.1 Å². The Kier molecular flexibility index (Phi) is 5.49. The largest absolute Gasteiger partial charge is 0.497 e. The van der Waals surface area contributed by atoms with E-state index in [2.05, 4.69) is 16.8 Å². The van der Waals surface area contributed by atoms with Gasteiger partial charge < -0.3 is 15.0 Å². The van der Waals surface area contributed by atoms with Gasteiger partial charge in [0.2, 0.25) is 0 Å². The summed E-state index contributed by atoms with van der Waals surface area (Å²) in [6, 6.07) is 14.6. The number of carbonyl (C=O) groups excluding carboxylic acids is 1. The molecule has 4 rings (SSSR count). The second kappa shape index (κ2) is 8.03. The van der Waals surface area contributed by atoms with Gasteiger partial charge in [-0.2, -0.15) is 0 Å². The molecule has 0 spiro atoms. The predicted molar refractivity (Wildman–Crippen MR) is 115 cm³/mol. The summed E-state index contributed by atoms with van der Waals surface area (Å²) in [5.74, 6) is 0.787. The summed E-state index contributed by atoms with van der Waals surface area (Å²) >= 11 is 13.9. The van der Waals surface area contributed by atoms with Gasteiger partial charge in [-0.25, -0.2) is 4.79 Å². The topological polar surface area (TPSA) is 41.6 Å². The molecule has 144 valence electrons. The summed E-state index contributed by atoms with van der Waals surface area (Å²) in [5, 5.41) is 5.98. The number of hydrogen-bond acceptors (Lipinski definition) is 3. The second-order valence-electron chi connectivity index (χ2n) is 6.51. The van der Waals surface area contributed by atoms with Crippen molar-refractivity contribution in [2.24, 2.45) is 0 Å². The quantitative estimate of drug-likeness (QED) is 0.531. The van der Waals surface area contributed by atoms with Gasteiger partial charge in [-0.3, -0.25) is 0 Å². The van der Waals surface area contributed by atoms with E-state index in [0.717, 1.165) is 17.7 Å². The van der Waals surface area contributed by atoms with E-state index in [0.29, 0.717) is 22.3 Å². The molecule has 0 unspecified atom stereocenters. The Hall–Kier alpha value is -2.21. The van der Waals surface area contributed by atoms with Crippen molar-refractivity contribution < 1.29 is 9.53 Å². The number of urea groups is 1. The van der Waals surface area contributed by atoms with Crippen molar-refractivity contribution in [1.82, 2.24) is 4.90 Å². The number of thiophene rings is 1. The van der Waals surface area contributed by atoms with Crippen LogP contribution in [0.3, 0.4) is 0 Å². The fourth-order valence-electron chi connectivity index (χ4n) is 3.50. The maximum absolute atomic E-state index is 13.1. The first-order valence-electron chi connectivity index (χ1n) is 8.79. The molecule has 1 N–H and O–H groups in total. The number of amides is 2. The summed E-state index contributed by atoms with van der Waals surface area (Å²) in [6.07, 6.45) is 0.837. The molecule has 0 aliphatic carbocycles. The van der Waals surface area contributed by atoms with Crippen molar-refractivity contribution in [2.75, 3.05) is 19.0 Å². The SMILES string of the molecule is COc1ccc([C@@H]2c3ccsc3CCN2C(=O)Nc2cc(Cl)cc(Cl)c2)cc1. The molecule has 4 nitrogen and oxygen atoms in total. The molecule has 2 amide bonds. The first kappa shape index (κ1) is 19.1. The van der Waals surface area contributed by atoms with Crippen LogP contribution in [0, 0.1) is 0 Å². The van der Waals surface area contributed by atoms with E-state index >= 15 is 0 Å². The van der Waals surface area contributed by atoms with E-state index < -0.39 is 0 Å². The number of nitrogens with one attached hydrogen (secondary N) is 1. The third kappa shape index (κ3) is 3.83. The first-order chi connectivity index (χ1) is 13.5. The smallest absolute Gasteiger partial charge is 0.322 e. The number of fused-ring (bicyclic) bond motifs is 1. The Morgan fingerprint density at radius 2 is 1.86 bits per heavy atom. The van der Waals surface area contributed by atoms with Crippen molar-refractivity contribution in [2.45, 2.75) is 12.5 Å². The van der Waals surface area contributed by atoms with Crippen molar-refractivity contribution >= 4 is 46.3 Å². The molecule has 1 aliphatic heterocycles. The maximum atomic E-state index is 13.1. The first-order valence-corrected chi connectivity index (χ1v) is 10.4. The minimum absolute atomic E-state index is 0.157. The zero-order chi connectivity index (χ0) is 19.7. The molecular weight excluding hydrogens is 415 g/mol. The average molecular weight is 433 g/mol. The van der Waals surface area contributed by atoms with E-state index in [9.17, 15) is 4.79 Å². The molecule has 0 fully saturated rings. The van der Waals surface area contributed by atoms with Crippen molar-refractivity contribution in [1.29, 1.82) is 0 Å². The van der Waals surface area contributed by atoms with Gasteiger partial charge in [0.1, 0.15) is 5.75 Å². The van der Waals surface area contributed by atoms with Gasteiger partial charge in [-0.05, 0) is 59.3 Å². The van der Waals surface area contributed by atoms with Crippen LogP contribution in [0.2, 0.25) is 10.0 Å².